The molecule has 2 fully saturated rings. The van der Waals surface area contributed by atoms with Crippen LogP contribution in [0.2, 0.25) is 0 Å². The lowest BCUT2D eigenvalue weighted by molar-refractivity contribution is 0.0340. The van der Waals surface area contributed by atoms with Gasteiger partial charge in [-0.1, -0.05) is 17.4 Å². The molecule has 0 atom stereocenters. The summed E-state index contributed by atoms with van der Waals surface area (Å²) in [5.74, 6) is -0.664. The van der Waals surface area contributed by atoms with Crippen LogP contribution >= 0.6 is 22.7 Å². The Kier molecular flexibility index (Phi) is 7.50. The molecule has 0 spiro atoms. The summed E-state index contributed by atoms with van der Waals surface area (Å²) in [5.41, 5.74) is 1.65. The first kappa shape index (κ1) is 25.5. The molecule has 1 N–H and O–H groups in total. The molecule has 2 aliphatic rings. The average molecular weight is 558 g/mol. The van der Waals surface area contributed by atoms with E-state index in [2.05, 4.69) is 19.8 Å². The van der Waals surface area contributed by atoms with Crippen molar-refractivity contribution in [2.45, 2.75) is 19.5 Å². The molecule has 4 aromatic rings. The molecule has 12 heteroatoms. The number of rotatable bonds is 7. The lowest BCUT2D eigenvalue weighted by Crippen LogP contribution is -2.35. The Morgan fingerprint density at radius 3 is 2.39 bits per heavy atom. The average Bonchev–Trinajstić information content (AvgIpc) is 3.56. The van der Waals surface area contributed by atoms with Crippen molar-refractivity contribution >= 4 is 27.6 Å². The first-order valence-electron chi connectivity index (χ1n) is 12.6. The third-order valence-electron chi connectivity index (χ3n) is 6.82. The SMILES string of the molecule is O=c1c(O)c(-c2ncc(Cc3ccc(F)cc3CN3CCOCC3)s2)nc2sc(CN3CCOCC3)cn12. The Balaban J connectivity index is 1.24. The summed E-state index contributed by atoms with van der Waals surface area (Å²) in [5, 5.41) is 11.2. The predicted octanol–water partition coefficient (Wildman–Crippen LogP) is 2.98. The zero-order chi connectivity index (χ0) is 26.1. The molecule has 6 rings (SSSR count). The highest BCUT2D eigenvalue weighted by atomic mass is 32.1. The van der Waals surface area contributed by atoms with Gasteiger partial charge in [0.05, 0.1) is 26.4 Å². The molecule has 0 aliphatic carbocycles. The van der Waals surface area contributed by atoms with E-state index in [-0.39, 0.29) is 11.5 Å². The topological polar surface area (TPSA) is 92.4 Å². The molecule has 1 aromatic carbocycles. The first-order chi connectivity index (χ1) is 18.5. The maximum absolute atomic E-state index is 14.1. The fraction of sp³-hybridized carbons (Fsp3) is 0.423. The summed E-state index contributed by atoms with van der Waals surface area (Å²) >= 11 is 2.82. The first-order valence-corrected chi connectivity index (χ1v) is 14.2. The second kappa shape index (κ2) is 11.2. The predicted molar refractivity (Wildman–Crippen MR) is 144 cm³/mol. The maximum Gasteiger partial charge on any atom is 0.301 e. The molecule has 2 saturated heterocycles. The van der Waals surface area contributed by atoms with Crippen molar-refractivity contribution in [3.63, 3.8) is 0 Å². The minimum atomic E-state index is -0.502. The summed E-state index contributed by atoms with van der Waals surface area (Å²) in [7, 11) is 0. The van der Waals surface area contributed by atoms with Crippen LogP contribution in [0.1, 0.15) is 20.9 Å². The van der Waals surface area contributed by atoms with Gasteiger partial charge in [-0.15, -0.1) is 11.3 Å². The molecule has 0 unspecified atom stereocenters. The van der Waals surface area contributed by atoms with Gasteiger partial charge in [-0.2, -0.15) is 0 Å². The highest BCUT2D eigenvalue weighted by Gasteiger charge is 2.21. The normalized spacial score (nSPS) is 17.4. The van der Waals surface area contributed by atoms with Gasteiger partial charge in [0.25, 0.3) is 0 Å². The van der Waals surface area contributed by atoms with E-state index in [4.69, 9.17) is 9.47 Å². The summed E-state index contributed by atoms with van der Waals surface area (Å²) in [6.45, 7) is 7.46. The van der Waals surface area contributed by atoms with Gasteiger partial charge in [-0.3, -0.25) is 19.0 Å². The summed E-state index contributed by atoms with van der Waals surface area (Å²) in [6, 6.07) is 4.90. The molecule has 0 bridgehead atoms. The van der Waals surface area contributed by atoms with Gasteiger partial charge in [-0.25, -0.2) is 14.4 Å². The van der Waals surface area contributed by atoms with Crippen LogP contribution in [-0.2, 0) is 29.0 Å². The maximum atomic E-state index is 14.1. The number of nitrogens with zero attached hydrogens (tertiary/aromatic N) is 5. The third kappa shape index (κ3) is 5.51. The quantitative estimate of drug-likeness (QED) is 0.371. The van der Waals surface area contributed by atoms with Crippen LogP contribution in [0.4, 0.5) is 4.39 Å². The standard InChI is InChI=1S/C26H28FN5O4S2/c27-19-2-1-17(18(11-19)14-30-3-7-35-8-4-30)12-20-13-28-24(37-20)22-23(33)25(34)32-16-21(38-26(32)29-22)15-31-5-9-36-10-6-31/h1-2,11,13,16,33H,3-10,12,14-15H2. The molecular weight excluding hydrogens is 529 g/mol. The number of thiazole rings is 2. The number of aromatic nitrogens is 3. The van der Waals surface area contributed by atoms with Crippen LogP contribution < -0.4 is 5.56 Å². The van der Waals surface area contributed by atoms with Crippen molar-refractivity contribution in [1.29, 1.82) is 0 Å². The van der Waals surface area contributed by atoms with Gasteiger partial charge in [0.1, 0.15) is 16.5 Å². The number of hydrogen-bond donors (Lipinski definition) is 1. The van der Waals surface area contributed by atoms with Crippen LogP contribution in [-0.4, -0.2) is 81.9 Å². The monoisotopic (exact) mass is 557 g/mol. The van der Waals surface area contributed by atoms with Gasteiger partial charge >= 0.3 is 5.56 Å². The van der Waals surface area contributed by atoms with Crippen LogP contribution in [0, 0.1) is 5.82 Å². The van der Waals surface area contributed by atoms with E-state index in [9.17, 15) is 14.3 Å². The summed E-state index contributed by atoms with van der Waals surface area (Å²) in [6.07, 6.45) is 4.07. The summed E-state index contributed by atoms with van der Waals surface area (Å²) in [4.78, 5) is 29.1. The molecule has 9 nitrogen and oxygen atoms in total. The second-order valence-electron chi connectivity index (χ2n) is 9.46. The minimum Gasteiger partial charge on any atom is -0.501 e. The van der Waals surface area contributed by atoms with Crippen molar-refractivity contribution in [3.05, 3.63) is 67.6 Å². The number of aromatic hydroxyl groups is 1. The highest BCUT2D eigenvalue weighted by molar-refractivity contribution is 7.17. The summed E-state index contributed by atoms with van der Waals surface area (Å²) < 4.78 is 26.3. The lowest BCUT2D eigenvalue weighted by Gasteiger charge is -2.27. The van der Waals surface area contributed by atoms with Crippen LogP contribution in [0.25, 0.3) is 15.7 Å². The molecule has 0 saturated carbocycles. The van der Waals surface area contributed by atoms with Gasteiger partial charge in [0.15, 0.2) is 4.96 Å². The molecule has 38 heavy (non-hydrogen) atoms. The molecular formula is C26H28FN5O4S2. The Morgan fingerprint density at radius 1 is 0.947 bits per heavy atom. The molecule has 5 heterocycles. The Bertz CT molecular complexity index is 1490. The van der Waals surface area contributed by atoms with Gasteiger partial charge in [0.2, 0.25) is 5.75 Å². The second-order valence-corrected chi connectivity index (χ2v) is 11.7. The van der Waals surface area contributed by atoms with E-state index in [1.54, 1.807) is 18.5 Å². The van der Waals surface area contributed by atoms with E-state index >= 15 is 0 Å². The number of hydrogen-bond acceptors (Lipinski definition) is 10. The van der Waals surface area contributed by atoms with E-state index in [1.807, 2.05) is 6.07 Å². The Morgan fingerprint density at radius 2 is 1.66 bits per heavy atom. The highest BCUT2D eigenvalue weighted by Crippen LogP contribution is 2.32. The number of fused-ring (bicyclic) bond motifs is 1. The van der Waals surface area contributed by atoms with Crippen molar-refractivity contribution < 1.29 is 19.0 Å². The van der Waals surface area contributed by atoms with Crippen molar-refractivity contribution in [3.8, 4) is 16.5 Å². The van der Waals surface area contributed by atoms with Gasteiger partial charge in [-0.05, 0) is 23.3 Å². The zero-order valence-corrected chi connectivity index (χ0v) is 22.4. The van der Waals surface area contributed by atoms with Gasteiger partial charge in [0, 0.05) is 67.8 Å². The molecule has 2 aliphatic heterocycles. The number of morpholine rings is 2. The van der Waals surface area contributed by atoms with E-state index < -0.39 is 11.3 Å². The largest absolute Gasteiger partial charge is 0.501 e. The Labute approximate surface area is 226 Å². The van der Waals surface area contributed by atoms with Crippen LogP contribution in [0.3, 0.4) is 0 Å². The van der Waals surface area contributed by atoms with Crippen molar-refractivity contribution in [1.82, 2.24) is 24.2 Å². The fourth-order valence-corrected chi connectivity index (χ4v) is 6.72. The van der Waals surface area contributed by atoms with E-state index in [1.165, 1.54) is 33.1 Å². The van der Waals surface area contributed by atoms with Crippen molar-refractivity contribution in [2.24, 2.45) is 0 Å². The van der Waals surface area contributed by atoms with Gasteiger partial charge < -0.3 is 14.6 Å². The molecule has 0 amide bonds. The number of ether oxygens (including phenoxy) is 2. The van der Waals surface area contributed by atoms with Crippen molar-refractivity contribution in [2.75, 3.05) is 52.6 Å². The van der Waals surface area contributed by atoms with Crippen LogP contribution in [0.5, 0.6) is 5.75 Å². The zero-order valence-electron chi connectivity index (χ0n) is 20.8. The molecule has 3 aromatic heterocycles. The Hall–Kier alpha value is -2.74. The van der Waals surface area contributed by atoms with E-state index in [0.717, 1.165) is 47.1 Å². The van der Waals surface area contributed by atoms with Crippen LogP contribution in [0.15, 0.2) is 35.4 Å². The fourth-order valence-electron chi connectivity index (χ4n) is 4.78. The number of halogens is 1. The third-order valence-corrected chi connectivity index (χ3v) is 8.80. The van der Waals surface area contributed by atoms with E-state index in [0.29, 0.717) is 55.9 Å². The lowest BCUT2D eigenvalue weighted by atomic mass is 10.0. The smallest absolute Gasteiger partial charge is 0.301 e. The number of benzene rings is 1. The molecule has 0 radical (unpaired) electrons. The minimum absolute atomic E-state index is 0.193. The molecule has 200 valence electrons.